The fraction of sp³-hybridized carbons (Fsp3) is 0.500. The maximum atomic E-state index is 13.5. The van der Waals surface area contributed by atoms with Crippen LogP contribution in [0.15, 0.2) is 6.33 Å². The van der Waals surface area contributed by atoms with Crippen LogP contribution >= 0.6 is 0 Å². The van der Waals surface area contributed by atoms with E-state index in [1.807, 2.05) is 6.92 Å². The van der Waals surface area contributed by atoms with Crippen molar-refractivity contribution in [3.63, 3.8) is 0 Å². The number of carbonyl (C=O) groups excluding carboxylic acids is 1. The van der Waals surface area contributed by atoms with E-state index in [0.717, 1.165) is 6.42 Å². The normalized spacial score (nSPS) is 11.0. The molecule has 2 N–H and O–H groups in total. The molecule has 9 heteroatoms. The first-order chi connectivity index (χ1) is 10.1. The van der Waals surface area contributed by atoms with Crippen LogP contribution < -0.4 is 5.73 Å². The molecule has 0 atom stereocenters. The molecule has 0 aliphatic heterocycles. The number of esters is 1. The second-order valence-corrected chi connectivity index (χ2v) is 4.27. The van der Waals surface area contributed by atoms with Crippen molar-refractivity contribution in [2.75, 3.05) is 18.9 Å². The molecule has 0 amide bonds. The van der Waals surface area contributed by atoms with Gasteiger partial charge in [0, 0.05) is 6.42 Å². The molecule has 0 saturated carbocycles. The van der Waals surface area contributed by atoms with Gasteiger partial charge in [-0.05, 0) is 6.42 Å². The minimum Gasteiger partial charge on any atom is -0.463 e. The number of carbonyl (C=O) groups is 1. The Bertz CT molecular complexity index is 631. The van der Waals surface area contributed by atoms with Gasteiger partial charge < -0.3 is 15.2 Å². The molecule has 2 aromatic rings. The summed E-state index contributed by atoms with van der Waals surface area (Å²) >= 11 is 0. The highest BCUT2D eigenvalue weighted by atomic mass is 19.1. The highest BCUT2D eigenvalue weighted by Gasteiger charge is 2.11. The number of aromatic nitrogens is 4. The molecule has 0 fully saturated rings. The van der Waals surface area contributed by atoms with Crippen LogP contribution in [-0.4, -0.2) is 38.7 Å². The van der Waals surface area contributed by atoms with Crippen molar-refractivity contribution in [1.82, 2.24) is 19.5 Å². The Labute approximate surface area is 120 Å². The highest BCUT2D eigenvalue weighted by Crippen LogP contribution is 2.13. The number of ether oxygens (including phenoxy) is 2. The molecular formula is C12H16FN5O3. The summed E-state index contributed by atoms with van der Waals surface area (Å²) in [7, 11) is 0. The summed E-state index contributed by atoms with van der Waals surface area (Å²) in [5.41, 5.74) is 5.67. The summed E-state index contributed by atoms with van der Waals surface area (Å²) in [4.78, 5) is 22.3. The van der Waals surface area contributed by atoms with E-state index in [2.05, 4.69) is 15.0 Å². The van der Waals surface area contributed by atoms with Gasteiger partial charge in [0.15, 0.2) is 11.2 Å². The van der Waals surface area contributed by atoms with Crippen LogP contribution in [0, 0.1) is 5.95 Å². The standard InChI is InChI=1S/C12H16FN5O3/c1-2-3-8(19)21-5-4-20-7-18-6-15-9-10(13)16-12(14)17-11(9)18/h6H,2-5,7H2,1H3,(H2,14,16,17). The predicted molar refractivity (Wildman–Crippen MR) is 71.5 cm³/mol. The summed E-state index contributed by atoms with van der Waals surface area (Å²) in [6.45, 7) is 2.38. The van der Waals surface area contributed by atoms with Gasteiger partial charge in [-0.2, -0.15) is 14.4 Å². The van der Waals surface area contributed by atoms with Crippen molar-refractivity contribution in [2.24, 2.45) is 0 Å². The zero-order valence-electron chi connectivity index (χ0n) is 11.6. The number of hydrogen-bond donors (Lipinski definition) is 1. The molecule has 114 valence electrons. The van der Waals surface area contributed by atoms with Crippen molar-refractivity contribution in [3.05, 3.63) is 12.3 Å². The zero-order valence-corrected chi connectivity index (χ0v) is 11.6. The van der Waals surface area contributed by atoms with E-state index < -0.39 is 5.95 Å². The Morgan fingerprint density at radius 3 is 3.00 bits per heavy atom. The molecule has 0 spiro atoms. The number of nitrogen functional groups attached to an aromatic ring is 1. The third kappa shape index (κ3) is 3.85. The van der Waals surface area contributed by atoms with Crippen molar-refractivity contribution in [3.8, 4) is 0 Å². The lowest BCUT2D eigenvalue weighted by Gasteiger charge is -2.07. The minimum absolute atomic E-state index is 0.0298. The number of nitrogens with zero attached hydrogens (tertiary/aromatic N) is 4. The lowest BCUT2D eigenvalue weighted by atomic mass is 10.3. The van der Waals surface area contributed by atoms with Gasteiger partial charge in [0.05, 0.1) is 12.9 Å². The highest BCUT2D eigenvalue weighted by molar-refractivity contribution is 5.71. The minimum atomic E-state index is -0.773. The van der Waals surface area contributed by atoms with Crippen LogP contribution in [0.2, 0.25) is 0 Å². The number of rotatable bonds is 7. The average Bonchev–Trinajstić information content (AvgIpc) is 2.82. The maximum Gasteiger partial charge on any atom is 0.305 e. The topological polar surface area (TPSA) is 105 Å². The molecule has 2 rings (SSSR count). The number of imidazole rings is 1. The lowest BCUT2D eigenvalue weighted by molar-refractivity contribution is -0.145. The number of halogens is 1. The lowest BCUT2D eigenvalue weighted by Crippen LogP contribution is -2.12. The van der Waals surface area contributed by atoms with E-state index in [0.29, 0.717) is 6.42 Å². The molecule has 0 radical (unpaired) electrons. The van der Waals surface area contributed by atoms with E-state index in [-0.39, 0.29) is 43.0 Å². The Morgan fingerprint density at radius 2 is 2.24 bits per heavy atom. The van der Waals surface area contributed by atoms with Crippen LogP contribution in [0.1, 0.15) is 19.8 Å². The van der Waals surface area contributed by atoms with E-state index >= 15 is 0 Å². The molecule has 0 saturated heterocycles. The molecule has 0 aromatic carbocycles. The quantitative estimate of drug-likeness (QED) is 0.459. The second-order valence-electron chi connectivity index (χ2n) is 4.27. The summed E-state index contributed by atoms with van der Waals surface area (Å²) in [6.07, 6.45) is 2.51. The van der Waals surface area contributed by atoms with Gasteiger partial charge >= 0.3 is 5.97 Å². The zero-order chi connectivity index (χ0) is 15.2. The Kier molecular flexibility index (Phi) is 4.99. The summed E-state index contributed by atoms with van der Waals surface area (Å²) in [5, 5.41) is 0. The monoisotopic (exact) mass is 297 g/mol. The van der Waals surface area contributed by atoms with Crippen molar-refractivity contribution in [1.29, 1.82) is 0 Å². The molecule has 2 aromatic heterocycles. The van der Waals surface area contributed by atoms with Crippen molar-refractivity contribution < 1.29 is 18.7 Å². The van der Waals surface area contributed by atoms with Crippen LogP contribution in [0.3, 0.4) is 0 Å². The molecular weight excluding hydrogens is 281 g/mol. The second kappa shape index (κ2) is 6.93. The van der Waals surface area contributed by atoms with Crippen LogP contribution in [-0.2, 0) is 21.0 Å². The Morgan fingerprint density at radius 1 is 1.43 bits per heavy atom. The fourth-order valence-corrected chi connectivity index (χ4v) is 1.67. The van der Waals surface area contributed by atoms with Gasteiger partial charge in [-0.3, -0.25) is 9.36 Å². The van der Waals surface area contributed by atoms with E-state index in [9.17, 15) is 9.18 Å². The third-order valence-corrected chi connectivity index (χ3v) is 2.61. The first kappa shape index (κ1) is 15.1. The number of nitrogens with two attached hydrogens (primary N) is 1. The van der Waals surface area contributed by atoms with Crippen LogP contribution in [0.25, 0.3) is 11.2 Å². The average molecular weight is 297 g/mol. The van der Waals surface area contributed by atoms with Gasteiger partial charge in [0.1, 0.15) is 13.3 Å². The van der Waals surface area contributed by atoms with Gasteiger partial charge in [-0.15, -0.1) is 0 Å². The van der Waals surface area contributed by atoms with Crippen molar-refractivity contribution in [2.45, 2.75) is 26.5 Å². The Balaban J connectivity index is 1.85. The summed E-state index contributed by atoms with van der Waals surface area (Å²) in [5.74, 6) is -1.20. The molecule has 0 aliphatic carbocycles. The van der Waals surface area contributed by atoms with Gasteiger partial charge in [-0.1, -0.05) is 6.92 Å². The first-order valence-electron chi connectivity index (χ1n) is 6.49. The van der Waals surface area contributed by atoms with E-state index in [4.69, 9.17) is 15.2 Å². The van der Waals surface area contributed by atoms with Crippen molar-refractivity contribution >= 4 is 23.1 Å². The first-order valence-corrected chi connectivity index (χ1v) is 6.49. The summed E-state index contributed by atoms with van der Waals surface area (Å²) in [6, 6.07) is 0. The molecule has 8 nitrogen and oxygen atoms in total. The predicted octanol–water partition coefficient (Wildman–Crippen LogP) is 0.865. The SMILES string of the molecule is CCCC(=O)OCCOCn1cnc2c(F)nc(N)nc21. The fourth-order valence-electron chi connectivity index (χ4n) is 1.67. The number of hydrogen-bond acceptors (Lipinski definition) is 7. The Hall–Kier alpha value is -2.29. The van der Waals surface area contributed by atoms with Crippen LogP contribution in [0.4, 0.5) is 10.3 Å². The molecule has 0 unspecified atom stereocenters. The largest absolute Gasteiger partial charge is 0.463 e. The smallest absolute Gasteiger partial charge is 0.305 e. The maximum absolute atomic E-state index is 13.5. The molecule has 21 heavy (non-hydrogen) atoms. The number of fused-ring (bicyclic) bond motifs is 1. The summed E-state index contributed by atoms with van der Waals surface area (Å²) < 4.78 is 25.2. The third-order valence-electron chi connectivity index (χ3n) is 2.61. The van der Waals surface area contributed by atoms with Gasteiger partial charge in [-0.25, -0.2) is 4.98 Å². The molecule has 0 bridgehead atoms. The van der Waals surface area contributed by atoms with E-state index in [1.165, 1.54) is 10.9 Å². The van der Waals surface area contributed by atoms with E-state index in [1.54, 1.807) is 0 Å². The van der Waals surface area contributed by atoms with Crippen LogP contribution in [0.5, 0.6) is 0 Å². The molecule has 0 aliphatic rings. The molecule has 2 heterocycles. The van der Waals surface area contributed by atoms with Gasteiger partial charge in [0.2, 0.25) is 11.9 Å². The van der Waals surface area contributed by atoms with Gasteiger partial charge in [0.25, 0.3) is 0 Å². The number of anilines is 1.